The molecule has 49 heavy (non-hydrogen) atoms. The van der Waals surface area contributed by atoms with E-state index in [-0.39, 0.29) is 43.7 Å². The summed E-state index contributed by atoms with van der Waals surface area (Å²) in [5.41, 5.74) is 7.76. The third kappa shape index (κ3) is 9.84. The van der Waals surface area contributed by atoms with Crippen molar-refractivity contribution in [3.8, 4) is 28.8 Å². The molecule has 0 aliphatic carbocycles. The van der Waals surface area contributed by atoms with Crippen LogP contribution in [0.25, 0.3) is 22.2 Å². The summed E-state index contributed by atoms with van der Waals surface area (Å²) in [6, 6.07) is 9.61. The fourth-order valence-electron chi connectivity index (χ4n) is 4.57. The predicted octanol–water partition coefficient (Wildman–Crippen LogP) is 5.19. The Kier molecular flexibility index (Phi) is 11.8. The number of sulfonamides is 1. The molecule has 1 unspecified atom stereocenters. The van der Waals surface area contributed by atoms with Gasteiger partial charge in [0.2, 0.25) is 0 Å². The van der Waals surface area contributed by atoms with Crippen LogP contribution < -0.4 is 15.2 Å². The van der Waals surface area contributed by atoms with Crippen molar-refractivity contribution < 1.29 is 45.3 Å². The molecule has 0 saturated heterocycles. The Balaban J connectivity index is 1.57. The first-order chi connectivity index (χ1) is 23.1. The van der Waals surface area contributed by atoms with E-state index in [0.717, 1.165) is 0 Å². The SMILES string of the molecule is CC(Oc1cc(-c2nn(C)c3c(C#CCOCCOCC(=O)OC(C)(C)C)cnc(N)c23)ccc1NS(=O)(=O)C(F)F)c1ccc(F)cc1. The Morgan fingerprint density at radius 3 is 2.47 bits per heavy atom. The zero-order chi connectivity index (χ0) is 35.9. The Labute approximate surface area is 281 Å². The molecule has 0 spiro atoms. The van der Waals surface area contributed by atoms with E-state index in [4.69, 9.17) is 24.7 Å². The molecule has 2 aromatic carbocycles. The standard InChI is InChI=1S/C33H36F3N5O7S/c1-20(21-8-11-24(34)12-9-21)47-26-17-22(10-13-25(26)40-49(43,44)32(35)36)29-28-30(41(5)39-29)23(18-38-31(28)37)7-6-14-45-15-16-46-19-27(42)48-33(2,3)4/h8-13,17-18,20,32,40H,14-16,19H2,1-5H3,(H2,37,38). The van der Waals surface area contributed by atoms with Crippen LogP contribution in [0, 0.1) is 17.7 Å². The molecule has 0 bridgehead atoms. The van der Waals surface area contributed by atoms with Crippen molar-refractivity contribution in [1.29, 1.82) is 0 Å². The second-order valence-electron chi connectivity index (χ2n) is 11.7. The summed E-state index contributed by atoms with van der Waals surface area (Å²) >= 11 is 0. The number of aromatic nitrogens is 3. The number of nitrogens with zero attached hydrogens (tertiary/aromatic N) is 3. The number of pyridine rings is 1. The highest BCUT2D eigenvalue weighted by molar-refractivity contribution is 7.93. The van der Waals surface area contributed by atoms with Crippen molar-refractivity contribution in [2.45, 2.75) is 45.2 Å². The number of carbonyl (C=O) groups excluding carboxylic acids is 1. The summed E-state index contributed by atoms with van der Waals surface area (Å²) in [7, 11) is -3.37. The maximum absolute atomic E-state index is 13.5. The van der Waals surface area contributed by atoms with Gasteiger partial charge in [0.1, 0.15) is 48.0 Å². The lowest BCUT2D eigenvalue weighted by Gasteiger charge is -2.19. The highest BCUT2D eigenvalue weighted by Gasteiger charge is 2.27. The number of hydrogen-bond donors (Lipinski definition) is 2. The van der Waals surface area contributed by atoms with Crippen LogP contribution >= 0.6 is 0 Å². The van der Waals surface area contributed by atoms with E-state index in [0.29, 0.717) is 33.3 Å². The summed E-state index contributed by atoms with van der Waals surface area (Å²) in [6.45, 7) is 7.14. The molecule has 1 atom stereocenters. The van der Waals surface area contributed by atoms with Gasteiger partial charge in [0.15, 0.2) is 0 Å². The molecular weight excluding hydrogens is 667 g/mol. The van der Waals surface area contributed by atoms with Crippen LogP contribution in [-0.2, 0) is 36.1 Å². The van der Waals surface area contributed by atoms with Crippen LogP contribution in [0.4, 0.5) is 24.7 Å². The number of aryl methyl sites for hydroxylation is 1. The summed E-state index contributed by atoms with van der Waals surface area (Å²) < 4.78 is 89.5. The van der Waals surface area contributed by atoms with Gasteiger partial charge in [0.05, 0.1) is 35.4 Å². The van der Waals surface area contributed by atoms with Crippen LogP contribution in [0.15, 0.2) is 48.7 Å². The second-order valence-corrected chi connectivity index (χ2v) is 13.3. The average molecular weight is 704 g/mol. The Bertz CT molecular complexity index is 1970. The normalized spacial score (nSPS) is 12.4. The van der Waals surface area contributed by atoms with E-state index in [2.05, 4.69) is 21.9 Å². The monoisotopic (exact) mass is 703 g/mol. The minimum absolute atomic E-state index is 0.0509. The molecule has 0 aliphatic heterocycles. The lowest BCUT2D eigenvalue weighted by Crippen LogP contribution is -2.27. The number of fused-ring (bicyclic) bond motifs is 1. The van der Waals surface area contributed by atoms with Crippen molar-refractivity contribution in [3.05, 3.63) is 65.6 Å². The van der Waals surface area contributed by atoms with E-state index >= 15 is 0 Å². The van der Waals surface area contributed by atoms with Crippen molar-refractivity contribution in [3.63, 3.8) is 0 Å². The van der Waals surface area contributed by atoms with Gasteiger partial charge in [-0.3, -0.25) is 9.40 Å². The third-order valence-corrected chi connectivity index (χ3v) is 7.66. The molecule has 0 amide bonds. The molecule has 12 nitrogen and oxygen atoms in total. The van der Waals surface area contributed by atoms with E-state index < -0.39 is 39.3 Å². The zero-order valence-corrected chi connectivity index (χ0v) is 28.2. The van der Waals surface area contributed by atoms with Crippen molar-refractivity contribution >= 4 is 38.4 Å². The van der Waals surface area contributed by atoms with Crippen LogP contribution in [0.1, 0.15) is 44.9 Å². The first-order valence-electron chi connectivity index (χ1n) is 14.9. The number of ether oxygens (including phenoxy) is 4. The molecule has 2 aromatic heterocycles. The second kappa shape index (κ2) is 15.6. The largest absolute Gasteiger partial charge is 0.484 e. The molecule has 0 saturated carbocycles. The highest BCUT2D eigenvalue weighted by atomic mass is 32.2. The summed E-state index contributed by atoms with van der Waals surface area (Å²) in [5, 5.41) is 5.04. The van der Waals surface area contributed by atoms with Gasteiger partial charge in [0, 0.05) is 18.8 Å². The molecular formula is C33H36F3N5O7S. The molecule has 0 aliphatic rings. The van der Waals surface area contributed by atoms with E-state index in [1.54, 1.807) is 39.4 Å². The van der Waals surface area contributed by atoms with Gasteiger partial charge in [-0.15, -0.1) is 0 Å². The fourth-order valence-corrected chi connectivity index (χ4v) is 5.13. The smallest absolute Gasteiger partial charge is 0.355 e. The van der Waals surface area contributed by atoms with Crippen LogP contribution in [0.3, 0.4) is 0 Å². The fraction of sp³-hybridized carbons (Fsp3) is 0.364. The molecule has 4 rings (SSSR count). The van der Waals surface area contributed by atoms with Gasteiger partial charge < -0.3 is 24.7 Å². The molecule has 3 N–H and O–H groups in total. The van der Waals surface area contributed by atoms with E-state index in [9.17, 15) is 26.4 Å². The van der Waals surface area contributed by atoms with Crippen LogP contribution in [0.2, 0.25) is 0 Å². The Morgan fingerprint density at radius 1 is 1.10 bits per heavy atom. The number of nitrogens with one attached hydrogen (secondary N) is 1. The van der Waals surface area contributed by atoms with E-state index in [1.165, 1.54) is 48.7 Å². The number of rotatable bonds is 13. The highest BCUT2D eigenvalue weighted by Crippen LogP contribution is 2.38. The van der Waals surface area contributed by atoms with Crippen molar-refractivity contribution in [2.75, 3.05) is 36.9 Å². The number of carbonyl (C=O) groups is 1. The van der Waals surface area contributed by atoms with Gasteiger partial charge in [-0.25, -0.2) is 22.6 Å². The molecule has 2 heterocycles. The Morgan fingerprint density at radius 2 is 1.80 bits per heavy atom. The number of alkyl halides is 2. The van der Waals surface area contributed by atoms with Gasteiger partial charge in [-0.2, -0.15) is 13.9 Å². The number of nitrogens with two attached hydrogens (primary N) is 1. The maximum atomic E-state index is 13.5. The van der Waals surface area contributed by atoms with Gasteiger partial charge >= 0.3 is 11.7 Å². The minimum atomic E-state index is -5.04. The number of halogens is 3. The van der Waals surface area contributed by atoms with Crippen LogP contribution in [0.5, 0.6) is 5.75 Å². The average Bonchev–Trinajstić information content (AvgIpc) is 3.37. The lowest BCUT2D eigenvalue weighted by molar-refractivity contribution is -0.160. The molecule has 0 fully saturated rings. The number of benzene rings is 2. The number of hydrogen-bond acceptors (Lipinski definition) is 10. The maximum Gasteiger partial charge on any atom is 0.355 e. The van der Waals surface area contributed by atoms with Crippen LogP contribution in [-0.4, -0.2) is 66.9 Å². The summed E-state index contributed by atoms with van der Waals surface area (Å²) in [5.74, 6) is 1.30. The molecule has 262 valence electrons. The van der Waals surface area contributed by atoms with Crippen molar-refractivity contribution in [1.82, 2.24) is 14.8 Å². The zero-order valence-electron chi connectivity index (χ0n) is 27.4. The molecule has 4 aromatic rings. The Hall–Kier alpha value is -4.85. The lowest BCUT2D eigenvalue weighted by atomic mass is 10.1. The van der Waals surface area contributed by atoms with E-state index in [1.807, 2.05) is 4.72 Å². The minimum Gasteiger partial charge on any atom is -0.484 e. The van der Waals surface area contributed by atoms with Gasteiger partial charge in [-0.1, -0.05) is 30.0 Å². The molecule has 0 radical (unpaired) electrons. The number of anilines is 2. The first-order valence-corrected chi connectivity index (χ1v) is 16.4. The van der Waals surface area contributed by atoms with Gasteiger partial charge in [-0.05, 0) is 57.5 Å². The summed E-state index contributed by atoms with van der Waals surface area (Å²) in [4.78, 5) is 16.0. The quantitative estimate of drug-likeness (QED) is 0.108. The number of nitrogen functional groups attached to an aromatic ring is 1. The van der Waals surface area contributed by atoms with Gasteiger partial charge in [0.25, 0.3) is 10.0 Å². The third-order valence-electron chi connectivity index (χ3n) is 6.69. The topological polar surface area (TPSA) is 157 Å². The first kappa shape index (κ1) is 37.0. The predicted molar refractivity (Wildman–Crippen MR) is 177 cm³/mol. The molecule has 16 heteroatoms. The van der Waals surface area contributed by atoms with Crippen molar-refractivity contribution in [2.24, 2.45) is 7.05 Å². The summed E-state index contributed by atoms with van der Waals surface area (Å²) in [6.07, 6.45) is 0.750. The number of esters is 1.